The standard InChI is InChI=1S/C19H20N6O/c1-2-4-15-14(10-21-11-22-15)19(26)25-8-6-16-17(24-12-23-16)18(25)13-5-3-7-20-9-13/h3,5,7,9-12,18H,2,4,6,8H2,1H3,(H,23,24)/t18-/m0/s1. The minimum absolute atomic E-state index is 0.0587. The van der Waals surface area contributed by atoms with Crippen molar-refractivity contribution in [3.05, 3.63) is 71.6 Å². The first-order chi connectivity index (χ1) is 12.8. The number of H-pyrrole nitrogens is 1. The summed E-state index contributed by atoms with van der Waals surface area (Å²) in [6.45, 7) is 2.68. The number of carbonyl (C=O) groups is 1. The van der Waals surface area contributed by atoms with Crippen molar-refractivity contribution in [3.8, 4) is 0 Å². The fourth-order valence-electron chi connectivity index (χ4n) is 3.50. The number of hydrogen-bond acceptors (Lipinski definition) is 5. The lowest BCUT2D eigenvalue weighted by molar-refractivity contribution is 0.0688. The summed E-state index contributed by atoms with van der Waals surface area (Å²) in [5.41, 5.74) is 4.27. The molecule has 0 aromatic carbocycles. The van der Waals surface area contributed by atoms with Crippen LogP contribution >= 0.6 is 0 Å². The van der Waals surface area contributed by atoms with Crippen molar-refractivity contribution in [1.29, 1.82) is 0 Å². The number of aromatic amines is 1. The molecule has 4 rings (SSSR count). The smallest absolute Gasteiger partial charge is 0.258 e. The zero-order valence-corrected chi connectivity index (χ0v) is 14.6. The summed E-state index contributed by atoms with van der Waals surface area (Å²) in [4.78, 5) is 35.6. The Bertz CT molecular complexity index is 907. The molecule has 1 N–H and O–H groups in total. The van der Waals surface area contributed by atoms with Gasteiger partial charge in [0, 0.05) is 37.3 Å². The molecule has 0 bridgehead atoms. The maximum absolute atomic E-state index is 13.4. The molecule has 1 aliphatic heterocycles. The number of aryl methyl sites for hydroxylation is 1. The molecule has 7 heteroatoms. The van der Waals surface area contributed by atoms with E-state index in [9.17, 15) is 4.79 Å². The molecule has 3 aromatic heterocycles. The van der Waals surface area contributed by atoms with E-state index in [1.807, 2.05) is 17.0 Å². The van der Waals surface area contributed by atoms with E-state index in [1.165, 1.54) is 6.33 Å². The number of amides is 1. The second kappa shape index (κ2) is 7.03. The lowest BCUT2D eigenvalue weighted by Gasteiger charge is -2.35. The quantitative estimate of drug-likeness (QED) is 0.782. The van der Waals surface area contributed by atoms with Crippen LogP contribution in [0.1, 0.15) is 52.4 Å². The number of rotatable bonds is 4. The van der Waals surface area contributed by atoms with E-state index in [-0.39, 0.29) is 11.9 Å². The van der Waals surface area contributed by atoms with Gasteiger partial charge in [-0.1, -0.05) is 19.4 Å². The molecule has 0 spiro atoms. The summed E-state index contributed by atoms with van der Waals surface area (Å²) in [5.74, 6) is -0.0587. The van der Waals surface area contributed by atoms with Gasteiger partial charge in [-0.25, -0.2) is 15.0 Å². The van der Waals surface area contributed by atoms with Crippen LogP contribution in [0.4, 0.5) is 0 Å². The Kier molecular flexibility index (Phi) is 4.43. The number of nitrogens with zero attached hydrogens (tertiary/aromatic N) is 5. The van der Waals surface area contributed by atoms with E-state index in [1.54, 1.807) is 24.9 Å². The maximum atomic E-state index is 13.4. The number of aromatic nitrogens is 5. The molecule has 0 fully saturated rings. The second-order valence-electron chi connectivity index (χ2n) is 6.34. The van der Waals surface area contributed by atoms with Crippen molar-refractivity contribution in [3.63, 3.8) is 0 Å². The van der Waals surface area contributed by atoms with E-state index < -0.39 is 0 Å². The molecule has 0 aliphatic carbocycles. The Morgan fingerprint density at radius 2 is 2.23 bits per heavy atom. The summed E-state index contributed by atoms with van der Waals surface area (Å²) in [7, 11) is 0. The van der Waals surface area contributed by atoms with Crippen molar-refractivity contribution in [2.24, 2.45) is 0 Å². The van der Waals surface area contributed by atoms with Gasteiger partial charge in [-0.3, -0.25) is 9.78 Å². The van der Waals surface area contributed by atoms with Crippen LogP contribution in [0.3, 0.4) is 0 Å². The number of carbonyl (C=O) groups excluding carboxylic acids is 1. The summed E-state index contributed by atoms with van der Waals surface area (Å²) < 4.78 is 0. The van der Waals surface area contributed by atoms with Gasteiger partial charge in [0.2, 0.25) is 0 Å². The molecule has 132 valence electrons. The minimum atomic E-state index is -0.263. The average Bonchev–Trinajstić information content (AvgIpc) is 3.17. The summed E-state index contributed by atoms with van der Waals surface area (Å²) in [5, 5.41) is 0. The first-order valence-corrected chi connectivity index (χ1v) is 8.81. The molecular weight excluding hydrogens is 328 g/mol. The van der Waals surface area contributed by atoms with Gasteiger partial charge >= 0.3 is 0 Å². The van der Waals surface area contributed by atoms with E-state index in [2.05, 4.69) is 31.8 Å². The maximum Gasteiger partial charge on any atom is 0.258 e. The molecule has 1 atom stereocenters. The van der Waals surface area contributed by atoms with Crippen LogP contribution in [-0.2, 0) is 12.8 Å². The topological polar surface area (TPSA) is 87.7 Å². The number of fused-ring (bicyclic) bond motifs is 1. The van der Waals surface area contributed by atoms with Crippen LogP contribution in [0.25, 0.3) is 0 Å². The third-order valence-electron chi connectivity index (χ3n) is 4.70. The fraction of sp³-hybridized carbons (Fsp3) is 0.316. The van der Waals surface area contributed by atoms with Gasteiger partial charge in [0.15, 0.2) is 0 Å². The Morgan fingerprint density at radius 1 is 1.31 bits per heavy atom. The Hall–Kier alpha value is -3.09. The highest BCUT2D eigenvalue weighted by Crippen LogP contribution is 2.34. The average molecular weight is 348 g/mol. The molecule has 4 heterocycles. The molecule has 26 heavy (non-hydrogen) atoms. The predicted octanol–water partition coefficient (Wildman–Crippen LogP) is 2.34. The molecule has 0 saturated heterocycles. The first-order valence-electron chi connectivity index (χ1n) is 8.81. The third kappa shape index (κ3) is 2.85. The van der Waals surface area contributed by atoms with Crippen molar-refractivity contribution in [2.45, 2.75) is 32.2 Å². The van der Waals surface area contributed by atoms with Crippen LogP contribution in [0.15, 0.2) is 43.4 Å². The Morgan fingerprint density at radius 3 is 3.04 bits per heavy atom. The molecule has 0 saturated carbocycles. The summed E-state index contributed by atoms with van der Waals surface area (Å²) in [6.07, 6.45) is 10.8. The van der Waals surface area contributed by atoms with Crippen molar-refractivity contribution >= 4 is 5.91 Å². The Labute approximate surface area is 151 Å². The third-order valence-corrected chi connectivity index (χ3v) is 4.70. The molecule has 0 unspecified atom stereocenters. The zero-order valence-electron chi connectivity index (χ0n) is 14.6. The molecule has 7 nitrogen and oxygen atoms in total. The van der Waals surface area contributed by atoms with Gasteiger partial charge in [0.25, 0.3) is 5.91 Å². The first kappa shape index (κ1) is 16.4. The zero-order chi connectivity index (χ0) is 17.9. The highest BCUT2D eigenvalue weighted by Gasteiger charge is 2.35. The van der Waals surface area contributed by atoms with Crippen molar-refractivity contribution < 1.29 is 4.79 Å². The largest absolute Gasteiger partial charge is 0.348 e. The van der Waals surface area contributed by atoms with Gasteiger partial charge in [0.05, 0.1) is 23.3 Å². The molecule has 0 radical (unpaired) electrons. The van der Waals surface area contributed by atoms with Crippen LogP contribution in [-0.4, -0.2) is 42.3 Å². The highest BCUT2D eigenvalue weighted by atomic mass is 16.2. The van der Waals surface area contributed by atoms with E-state index >= 15 is 0 Å². The molecular formula is C19H20N6O. The molecule has 3 aromatic rings. The lowest BCUT2D eigenvalue weighted by Crippen LogP contribution is -2.41. The van der Waals surface area contributed by atoms with Crippen LogP contribution < -0.4 is 0 Å². The minimum Gasteiger partial charge on any atom is -0.348 e. The van der Waals surface area contributed by atoms with Gasteiger partial charge in [-0.15, -0.1) is 0 Å². The monoisotopic (exact) mass is 348 g/mol. The van der Waals surface area contributed by atoms with Gasteiger partial charge in [-0.2, -0.15) is 0 Å². The van der Waals surface area contributed by atoms with Crippen LogP contribution in [0, 0.1) is 0 Å². The predicted molar refractivity (Wildman–Crippen MR) is 95.4 cm³/mol. The summed E-state index contributed by atoms with van der Waals surface area (Å²) >= 11 is 0. The van der Waals surface area contributed by atoms with E-state index in [0.717, 1.165) is 41.9 Å². The highest BCUT2D eigenvalue weighted by molar-refractivity contribution is 5.95. The van der Waals surface area contributed by atoms with Crippen molar-refractivity contribution in [2.75, 3.05) is 6.54 Å². The number of pyridine rings is 1. The van der Waals surface area contributed by atoms with Gasteiger partial charge < -0.3 is 9.88 Å². The van der Waals surface area contributed by atoms with Crippen molar-refractivity contribution in [1.82, 2.24) is 29.8 Å². The number of imidazole rings is 1. The summed E-state index contributed by atoms with van der Waals surface area (Å²) in [6, 6.07) is 3.60. The molecule has 1 amide bonds. The normalized spacial score (nSPS) is 16.3. The SMILES string of the molecule is CCCc1ncncc1C(=O)N1CCc2[nH]cnc2[C@@H]1c1cccnc1. The number of nitrogens with one attached hydrogen (secondary N) is 1. The number of hydrogen-bond donors (Lipinski definition) is 1. The van der Waals surface area contributed by atoms with E-state index in [4.69, 9.17) is 0 Å². The lowest BCUT2D eigenvalue weighted by atomic mass is 9.95. The van der Waals surface area contributed by atoms with Crippen LogP contribution in [0.2, 0.25) is 0 Å². The Balaban J connectivity index is 1.77. The van der Waals surface area contributed by atoms with Gasteiger partial charge in [0.1, 0.15) is 12.4 Å². The van der Waals surface area contributed by atoms with Crippen LogP contribution in [0.5, 0.6) is 0 Å². The fourth-order valence-corrected chi connectivity index (χ4v) is 3.50. The van der Waals surface area contributed by atoms with E-state index in [0.29, 0.717) is 12.1 Å². The second-order valence-corrected chi connectivity index (χ2v) is 6.34. The molecule has 1 aliphatic rings. The van der Waals surface area contributed by atoms with Gasteiger partial charge in [-0.05, 0) is 18.1 Å².